The Kier molecular flexibility index (Phi) is 4.48. The van der Waals surface area contributed by atoms with Crippen molar-refractivity contribution in [3.63, 3.8) is 0 Å². The molecule has 0 aliphatic rings. The smallest absolute Gasteiger partial charge is 0.337 e. The molecule has 0 bridgehead atoms. The van der Waals surface area contributed by atoms with E-state index in [0.29, 0.717) is 12.1 Å². The molecule has 2 aromatic rings. The molecule has 4 heteroatoms. The molecule has 1 aromatic carbocycles. The van der Waals surface area contributed by atoms with Gasteiger partial charge in [-0.2, -0.15) is 0 Å². The summed E-state index contributed by atoms with van der Waals surface area (Å²) in [5, 5.41) is 3.38. The number of hydrogen-bond donors (Lipinski definition) is 1. The van der Waals surface area contributed by atoms with E-state index in [-0.39, 0.29) is 11.5 Å². The number of rotatable bonds is 4. The molecule has 0 atom stereocenters. The van der Waals surface area contributed by atoms with Gasteiger partial charge in [0.05, 0.1) is 19.2 Å². The van der Waals surface area contributed by atoms with E-state index in [4.69, 9.17) is 4.42 Å². The predicted molar refractivity (Wildman–Crippen MR) is 82.1 cm³/mol. The van der Waals surface area contributed by atoms with Gasteiger partial charge >= 0.3 is 5.97 Å². The van der Waals surface area contributed by atoms with Gasteiger partial charge in [0.2, 0.25) is 0 Å². The van der Waals surface area contributed by atoms with Gasteiger partial charge in [0.15, 0.2) is 0 Å². The van der Waals surface area contributed by atoms with E-state index in [2.05, 4.69) is 30.8 Å². The summed E-state index contributed by atoms with van der Waals surface area (Å²) in [5.74, 6) is 1.34. The van der Waals surface area contributed by atoms with Gasteiger partial charge in [0.1, 0.15) is 11.5 Å². The summed E-state index contributed by atoms with van der Waals surface area (Å²) in [6.45, 7) is 7.02. The normalized spacial score (nSPS) is 11.4. The maximum absolute atomic E-state index is 11.4. The van der Waals surface area contributed by atoms with Crippen LogP contribution >= 0.6 is 0 Å². The minimum Gasteiger partial charge on any atom is -0.465 e. The first-order valence-corrected chi connectivity index (χ1v) is 6.91. The zero-order chi connectivity index (χ0) is 15.5. The number of furan rings is 1. The Bertz CT molecular complexity index is 606. The largest absolute Gasteiger partial charge is 0.465 e. The molecule has 0 saturated carbocycles. The SMILES string of the molecule is COC(=O)c1ccc(-c2ccc(CNC(C)(C)C)o2)cc1. The van der Waals surface area contributed by atoms with E-state index in [9.17, 15) is 4.79 Å². The molecule has 112 valence electrons. The summed E-state index contributed by atoms with van der Waals surface area (Å²) in [5.41, 5.74) is 1.52. The Morgan fingerprint density at radius 3 is 2.38 bits per heavy atom. The Morgan fingerprint density at radius 1 is 1.14 bits per heavy atom. The monoisotopic (exact) mass is 287 g/mol. The molecule has 0 amide bonds. The summed E-state index contributed by atoms with van der Waals surface area (Å²) in [7, 11) is 1.37. The van der Waals surface area contributed by atoms with Gasteiger partial charge in [0, 0.05) is 11.1 Å². The van der Waals surface area contributed by atoms with Crippen molar-refractivity contribution < 1.29 is 13.9 Å². The highest BCUT2D eigenvalue weighted by molar-refractivity contribution is 5.89. The second-order valence-electron chi connectivity index (χ2n) is 5.94. The van der Waals surface area contributed by atoms with E-state index in [0.717, 1.165) is 17.1 Å². The highest BCUT2D eigenvalue weighted by Crippen LogP contribution is 2.23. The number of esters is 1. The summed E-state index contributed by atoms with van der Waals surface area (Å²) < 4.78 is 10.5. The van der Waals surface area contributed by atoms with Crippen molar-refractivity contribution in [1.82, 2.24) is 5.32 Å². The molecule has 4 nitrogen and oxygen atoms in total. The number of ether oxygens (including phenoxy) is 1. The van der Waals surface area contributed by atoms with Crippen molar-refractivity contribution in [2.75, 3.05) is 7.11 Å². The third kappa shape index (κ3) is 4.20. The van der Waals surface area contributed by atoms with Crippen LogP contribution in [-0.4, -0.2) is 18.6 Å². The lowest BCUT2D eigenvalue weighted by atomic mass is 10.1. The van der Waals surface area contributed by atoms with Crippen LogP contribution in [0.15, 0.2) is 40.8 Å². The fourth-order valence-electron chi connectivity index (χ4n) is 1.87. The minimum atomic E-state index is -0.337. The molecule has 1 N–H and O–H groups in total. The lowest BCUT2D eigenvalue weighted by molar-refractivity contribution is 0.0600. The molecule has 1 aromatic heterocycles. The summed E-state index contributed by atoms with van der Waals surface area (Å²) in [6, 6.07) is 11.1. The van der Waals surface area contributed by atoms with Crippen LogP contribution in [-0.2, 0) is 11.3 Å². The summed E-state index contributed by atoms with van der Waals surface area (Å²) in [4.78, 5) is 11.4. The Labute approximate surface area is 125 Å². The van der Waals surface area contributed by atoms with E-state index in [1.54, 1.807) is 12.1 Å². The van der Waals surface area contributed by atoms with Crippen LogP contribution < -0.4 is 5.32 Å². The van der Waals surface area contributed by atoms with Crippen LogP contribution in [0.2, 0.25) is 0 Å². The molecular formula is C17H21NO3. The van der Waals surface area contributed by atoms with Gasteiger partial charge in [-0.25, -0.2) is 4.79 Å². The second-order valence-corrected chi connectivity index (χ2v) is 5.94. The first kappa shape index (κ1) is 15.3. The van der Waals surface area contributed by atoms with Gasteiger partial charge in [-0.1, -0.05) is 12.1 Å². The fourth-order valence-corrected chi connectivity index (χ4v) is 1.87. The molecule has 2 rings (SSSR count). The highest BCUT2D eigenvalue weighted by Gasteiger charge is 2.11. The van der Waals surface area contributed by atoms with Crippen LogP contribution in [0.4, 0.5) is 0 Å². The average Bonchev–Trinajstić information content (AvgIpc) is 2.93. The van der Waals surface area contributed by atoms with Crippen LogP contribution in [0.3, 0.4) is 0 Å². The molecule has 0 aliphatic heterocycles. The molecule has 0 unspecified atom stereocenters. The zero-order valence-electron chi connectivity index (χ0n) is 12.9. The first-order valence-electron chi connectivity index (χ1n) is 6.91. The van der Waals surface area contributed by atoms with Crippen molar-refractivity contribution in [2.45, 2.75) is 32.9 Å². The predicted octanol–water partition coefficient (Wildman–Crippen LogP) is 3.62. The van der Waals surface area contributed by atoms with E-state index >= 15 is 0 Å². The maximum atomic E-state index is 11.4. The van der Waals surface area contributed by atoms with Crippen LogP contribution in [0, 0.1) is 0 Å². The molecule has 0 fully saturated rings. The molecule has 1 heterocycles. The Hall–Kier alpha value is -2.07. The minimum absolute atomic E-state index is 0.0507. The van der Waals surface area contributed by atoms with Crippen LogP contribution in [0.5, 0.6) is 0 Å². The van der Waals surface area contributed by atoms with Gasteiger partial charge in [-0.05, 0) is 45.0 Å². The maximum Gasteiger partial charge on any atom is 0.337 e. The average molecular weight is 287 g/mol. The van der Waals surface area contributed by atoms with Crippen LogP contribution in [0.25, 0.3) is 11.3 Å². The van der Waals surface area contributed by atoms with Gasteiger partial charge in [-0.15, -0.1) is 0 Å². The standard InChI is InChI=1S/C17H21NO3/c1-17(2,3)18-11-14-9-10-15(21-14)12-5-7-13(8-6-12)16(19)20-4/h5-10,18H,11H2,1-4H3. The highest BCUT2D eigenvalue weighted by atomic mass is 16.5. The zero-order valence-corrected chi connectivity index (χ0v) is 12.9. The van der Waals surface area contributed by atoms with Crippen molar-refractivity contribution in [3.8, 4) is 11.3 Å². The second kappa shape index (κ2) is 6.14. The molecule has 0 saturated heterocycles. The van der Waals surface area contributed by atoms with Crippen LogP contribution in [0.1, 0.15) is 36.9 Å². The van der Waals surface area contributed by atoms with Gasteiger partial charge < -0.3 is 14.5 Å². The van der Waals surface area contributed by atoms with Gasteiger partial charge in [-0.3, -0.25) is 0 Å². The quantitative estimate of drug-likeness (QED) is 0.873. The topological polar surface area (TPSA) is 51.5 Å². The van der Waals surface area contributed by atoms with E-state index < -0.39 is 0 Å². The third-order valence-corrected chi connectivity index (χ3v) is 3.05. The van der Waals surface area contributed by atoms with Gasteiger partial charge in [0.25, 0.3) is 0 Å². The number of methoxy groups -OCH3 is 1. The third-order valence-electron chi connectivity index (χ3n) is 3.05. The molecule has 21 heavy (non-hydrogen) atoms. The number of benzene rings is 1. The molecule has 0 radical (unpaired) electrons. The molecule has 0 spiro atoms. The summed E-state index contributed by atoms with van der Waals surface area (Å²) in [6.07, 6.45) is 0. The van der Waals surface area contributed by atoms with E-state index in [1.165, 1.54) is 7.11 Å². The van der Waals surface area contributed by atoms with E-state index in [1.807, 2.05) is 24.3 Å². The Balaban J connectivity index is 2.09. The molecular weight excluding hydrogens is 266 g/mol. The number of carbonyl (C=O) groups is 1. The lowest BCUT2D eigenvalue weighted by Gasteiger charge is -2.19. The fraction of sp³-hybridized carbons (Fsp3) is 0.353. The van der Waals surface area contributed by atoms with Crippen molar-refractivity contribution in [1.29, 1.82) is 0 Å². The van der Waals surface area contributed by atoms with Crippen molar-refractivity contribution >= 4 is 5.97 Å². The van der Waals surface area contributed by atoms with Crippen molar-refractivity contribution in [2.24, 2.45) is 0 Å². The number of nitrogens with one attached hydrogen (secondary N) is 1. The van der Waals surface area contributed by atoms with Crippen molar-refractivity contribution in [3.05, 3.63) is 47.7 Å². The Morgan fingerprint density at radius 2 is 1.81 bits per heavy atom. The lowest BCUT2D eigenvalue weighted by Crippen LogP contribution is -2.34. The summed E-state index contributed by atoms with van der Waals surface area (Å²) >= 11 is 0. The number of carbonyl (C=O) groups excluding carboxylic acids is 1. The number of hydrogen-bond acceptors (Lipinski definition) is 4. The molecule has 0 aliphatic carbocycles. The first-order chi connectivity index (χ1) is 9.89.